The van der Waals surface area contributed by atoms with Crippen molar-refractivity contribution in [3.63, 3.8) is 0 Å². The molecule has 1 unspecified atom stereocenters. The Hall–Kier alpha value is -3.21. The van der Waals surface area contributed by atoms with E-state index in [1.807, 2.05) is 12.1 Å². The van der Waals surface area contributed by atoms with Gasteiger partial charge in [-0.25, -0.2) is 0 Å². The normalized spacial score (nSPS) is 25.3. The van der Waals surface area contributed by atoms with Crippen LogP contribution < -0.4 is 10.2 Å². The minimum absolute atomic E-state index is 0.110. The average Bonchev–Trinajstić information content (AvgIpc) is 3.52. The van der Waals surface area contributed by atoms with Crippen LogP contribution in [0, 0.1) is 5.41 Å². The summed E-state index contributed by atoms with van der Waals surface area (Å²) in [7, 11) is 0. The van der Waals surface area contributed by atoms with Crippen LogP contribution in [0.2, 0.25) is 0 Å². The number of anilines is 1. The molecule has 1 spiro atoms. The number of piperidine rings is 2. The van der Waals surface area contributed by atoms with E-state index >= 15 is 0 Å². The lowest BCUT2D eigenvalue weighted by molar-refractivity contribution is -0.136. The molecule has 1 N–H and O–H groups in total. The molecule has 5 aliphatic rings. The molecule has 10 nitrogen and oxygen atoms in total. The predicted octanol–water partition coefficient (Wildman–Crippen LogP) is 1.98. The van der Waals surface area contributed by atoms with Crippen molar-refractivity contribution in [2.45, 2.75) is 51.4 Å². The van der Waals surface area contributed by atoms with Gasteiger partial charge in [-0.3, -0.25) is 29.5 Å². The molecule has 1 aromatic carbocycles. The number of ether oxygens (including phenoxy) is 1. The second kappa shape index (κ2) is 10.3. The lowest BCUT2D eigenvalue weighted by atomic mass is 9.71. The van der Waals surface area contributed by atoms with Crippen LogP contribution in [0.15, 0.2) is 34.7 Å². The van der Waals surface area contributed by atoms with Crippen molar-refractivity contribution in [3.05, 3.63) is 53.0 Å². The smallest absolute Gasteiger partial charge is 0.255 e. The fourth-order valence-corrected chi connectivity index (χ4v) is 7.09. The van der Waals surface area contributed by atoms with Crippen molar-refractivity contribution in [3.8, 4) is 0 Å². The minimum atomic E-state index is -0.581. The number of benzene rings is 1. The highest BCUT2D eigenvalue weighted by molar-refractivity contribution is 6.06. The van der Waals surface area contributed by atoms with Crippen molar-refractivity contribution in [2.24, 2.45) is 5.41 Å². The third kappa shape index (κ3) is 4.82. The first-order valence-electron chi connectivity index (χ1n) is 14.6. The number of hydrogen-bond donors (Lipinski definition) is 1. The van der Waals surface area contributed by atoms with E-state index in [1.54, 1.807) is 4.90 Å². The highest BCUT2D eigenvalue weighted by Gasteiger charge is 2.47. The summed E-state index contributed by atoms with van der Waals surface area (Å²) in [5.74, 6) is 1.34. The molecular weight excluding hydrogens is 510 g/mol. The number of imide groups is 1. The first kappa shape index (κ1) is 25.7. The molecule has 0 saturated carbocycles. The lowest BCUT2D eigenvalue weighted by Crippen LogP contribution is -2.60. The van der Waals surface area contributed by atoms with Gasteiger partial charge in [-0.1, -0.05) is 6.07 Å². The van der Waals surface area contributed by atoms with Crippen LogP contribution in [0.1, 0.15) is 53.1 Å². The molecule has 4 fully saturated rings. The molecule has 212 valence electrons. The molecule has 1 aromatic heterocycles. The second-order valence-electron chi connectivity index (χ2n) is 12.1. The predicted molar refractivity (Wildman–Crippen MR) is 146 cm³/mol. The van der Waals surface area contributed by atoms with Gasteiger partial charge in [-0.05, 0) is 56.6 Å². The summed E-state index contributed by atoms with van der Waals surface area (Å²) in [6.45, 7) is 9.74. The van der Waals surface area contributed by atoms with E-state index in [1.165, 1.54) is 0 Å². The highest BCUT2D eigenvalue weighted by atomic mass is 16.5. The summed E-state index contributed by atoms with van der Waals surface area (Å²) < 4.78 is 11.6. The SMILES string of the molecule is O=C1CCC(N2Cc3c(cccc3N3CC4(CCN(Cc5ccc(CN6CCOCC6)o5)CC4)C3)C2=O)C(=O)N1. The van der Waals surface area contributed by atoms with Gasteiger partial charge in [0, 0.05) is 61.4 Å². The Morgan fingerprint density at radius 2 is 1.60 bits per heavy atom. The monoisotopic (exact) mass is 547 g/mol. The topological polar surface area (TPSA) is 98.6 Å². The van der Waals surface area contributed by atoms with Crippen molar-refractivity contribution in [1.29, 1.82) is 0 Å². The molecule has 5 aliphatic heterocycles. The average molecular weight is 548 g/mol. The van der Waals surface area contributed by atoms with Gasteiger partial charge in [0.05, 0.1) is 26.3 Å². The Morgan fingerprint density at radius 3 is 2.30 bits per heavy atom. The van der Waals surface area contributed by atoms with Gasteiger partial charge in [0.2, 0.25) is 11.8 Å². The molecule has 0 radical (unpaired) electrons. The van der Waals surface area contributed by atoms with E-state index < -0.39 is 6.04 Å². The van der Waals surface area contributed by atoms with E-state index in [0.717, 1.165) is 101 Å². The van der Waals surface area contributed by atoms with Gasteiger partial charge in [0.1, 0.15) is 17.6 Å². The lowest BCUT2D eigenvalue weighted by Gasteiger charge is -2.55. The fraction of sp³-hybridized carbons (Fsp3) is 0.567. The number of morpholine rings is 1. The molecule has 6 heterocycles. The number of hydrogen-bond acceptors (Lipinski definition) is 8. The summed E-state index contributed by atoms with van der Waals surface area (Å²) in [5, 5.41) is 2.39. The minimum Gasteiger partial charge on any atom is -0.463 e. The Bertz CT molecular complexity index is 1300. The quantitative estimate of drug-likeness (QED) is 0.549. The Labute approximate surface area is 234 Å². The number of nitrogens with one attached hydrogen (secondary N) is 1. The molecule has 0 aliphatic carbocycles. The van der Waals surface area contributed by atoms with Crippen molar-refractivity contribution in [1.82, 2.24) is 20.0 Å². The third-order valence-electron chi connectivity index (χ3n) is 9.45. The maximum atomic E-state index is 13.2. The standard InChI is InChI=1S/C30H37N5O5/c36-27-7-6-26(28(37)31-27)35-18-24-23(29(35)38)2-1-3-25(24)34-19-30(20-34)8-10-32(11-9-30)16-21-4-5-22(40-21)17-33-12-14-39-15-13-33/h1-5,26H,6-20H2,(H,31,36,37). The maximum Gasteiger partial charge on any atom is 0.255 e. The second-order valence-corrected chi connectivity index (χ2v) is 12.1. The summed E-state index contributed by atoms with van der Waals surface area (Å²) >= 11 is 0. The van der Waals surface area contributed by atoms with Gasteiger partial charge < -0.3 is 19.0 Å². The fourth-order valence-electron chi connectivity index (χ4n) is 7.09. The molecule has 10 heteroatoms. The van der Waals surface area contributed by atoms with Gasteiger partial charge in [0.25, 0.3) is 5.91 Å². The van der Waals surface area contributed by atoms with E-state index in [-0.39, 0.29) is 24.1 Å². The van der Waals surface area contributed by atoms with Crippen molar-refractivity contribution >= 4 is 23.4 Å². The van der Waals surface area contributed by atoms with Crippen LogP contribution in [-0.2, 0) is 34.0 Å². The number of amides is 3. The van der Waals surface area contributed by atoms with E-state index in [0.29, 0.717) is 23.9 Å². The number of carbonyl (C=O) groups is 3. The largest absolute Gasteiger partial charge is 0.463 e. The summed E-state index contributed by atoms with van der Waals surface area (Å²) in [6.07, 6.45) is 2.96. The zero-order valence-electron chi connectivity index (χ0n) is 22.9. The summed E-state index contributed by atoms with van der Waals surface area (Å²) in [5.41, 5.74) is 3.12. The van der Waals surface area contributed by atoms with Crippen LogP contribution in [0.5, 0.6) is 0 Å². The van der Waals surface area contributed by atoms with Crippen LogP contribution >= 0.6 is 0 Å². The summed E-state index contributed by atoms with van der Waals surface area (Å²) in [6, 6.07) is 9.58. The maximum absolute atomic E-state index is 13.2. The Kier molecular flexibility index (Phi) is 6.64. The first-order valence-corrected chi connectivity index (χ1v) is 14.6. The number of likely N-dealkylation sites (tertiary alicyclic amines) is 1. The molecule has 0 bridgehead atoms. The molecule has 7 rings (SSSR count). The first-order chi connectivity index (χ1) is 19.5. The van der Waals surface area contributed by atoms with Crippen LogP contribution in [0.25, 0.3) is 0 Å². The van der Waals surface area contributed by atoms with Crippen LogP contribution in [-0.4, -0.2) is 90.9 Å². The highest BCUT2D eigenvalue weighted by Crippen LogP contribution is 2.45. The summed E-state index contributed by atoms with van der Waals surface area (Å²) in [4.78, 5) is 46.2. The molecular formula is C30H37N5O5. The van der Waals surface area contributed by atoms with E-state index in [2.05, 4.69) is 38.2 Å². The van der Waals surface area contributed by atoms with Gasteiger partial charge in [-0.2, -0.15) is 0 Å². The number of fused-ring (bicyclic) bond motifs is 1. The van der Waals surface area contributed by atoms with Gasteiger partial charge in [-0.15, -0.1) is 0 Å². The molecule has 3 amide bonds. The van der Waals surface area contributed by atoms with E-state index in [4.69, 9.17) is 9.15 Å². The van der Waals surface area contributed by atoms with Gasteiger partial charge in [0.15, 0.2) is 0 Å². The van der Waals surface area contributed by atoms with Crippen LogP contribution in [0.4, 0.5) is 5.69 Å². The zero-order chi connectivity index (χ0) is 27.3. The molecule has 4 saturated heterocycles. The van der Waals surface area contributed by atoms with E-state index in [9.17, 15) is 14.4 Å². The van der Waals surface area contributed by atoms with Crippen LogP contribution in [0.3, 0.4) is 0 Å². The molecule has 2 aromatic rings. The Morgan fingerprint density at radius 1 is 0.900 bits per heavy atom. The van der Waals surface area contributed by atoms with Crippen molar-refractivity contribution < 1.29 is 23.5 Å². The number of nitrogens with zero attached hydrogens (tertiary/aromatic N) is 4. The van der Waals surface area contributed by atoms with Crippen molar-refractivity contribution in [2.75, 3.05) is 57.4 Å². The number of furan rings is 1. The number of rotatable bonds is 6. The third-order valence-corrected chi connectivity index (χ3v) is 9.45. The zero-order valence-corrected chi connectivity index (χ0v) is 22.9. The number of carbonyl (C=O) groups excluding carboxylic acids is 3. The molecule has 1 atom stereocenters. The van der Waals surface area contributed by atoms with Gasteiger partial charge >= 0.3 is 0 Å². The molecule has 40 heavy (non-hydrogen) atoms. The Balaban J connectivity index is 0.934.